The standard InChI is InChI=1S/C14H23N3O2/c1-10(2)11-8-12(17-16-11)13(18)15-9-14(19)6-4-3-5-7-14/h8,10,19H,3-7,9H2,1-2H3,(H,15,18)(H,16,17). The van der Waals surface area contributed by atoms with Crippen LogP contribution >= 0.6 is 0 Å². The first-order valence-corrected chi connectivity index (χ1v) is 7.06. The van der Waals surface area contributed by atoms with E-state index in [-0.39, 0.29) is 5.91 Å². The number of aromatic nitrogens is 2. The van der Waals surface area contributed by atoms with Gasteiger partial charge in [-0.15, -0.1) is 0 Å². The number of rotatable bonds is 4. The van der Waals surface area contributed by atoms with Gasteiger partial charge in [0, 0.05) is 12.2 Å². The van der Waals surface area contributed by atoms with Gasteiger partial charge >= 0.3 is 0 Å². The molecule has 1 heterocycles. The Balaban J connectivity index is 1.89. The topological polar surface area (TPSA) is 78.0 Å². The third-order valence-electron chi connectivity index (χ3n) is 3.81. The zero-order valence-corrected chi connectivity index (χ0v) is 11.7. The van der Waals surface area contributed by atoms with Crippen LogP contribution in [0.2, 0.25) is 0 Å². The summed E-state index contributed by atoms with van der Waals surface area (Å²) in [6, 6.07) is 1.77. The van der Waals surface area contributed by atoms with E-state index in [4.69, 9.17) is 0 Å². The van der Waals surface area contributed by atoms with E-state index < -0.39 is 5.60 Å². The highest BCUT2D eigenvalue weighted by Gasteiger charge is 2.29. The van der Waals surface area contributed by atoms with Crippen molar-refractivity contribution in [1.82, 2.24) is 15.5 Å². The molecule has 0 bridgehead atoms. The average molecular weight is 265 g/mol. The molecule has 0 unspecified atom stereocenters. The number of aromatic amines is 1. The molecule has 3 N–H and O–H groups in total. The first kappa shape index (κ1) is 14.1. The highest BCUT2D eigenvalue weighted by atomic mass is 16.3. The molecular weight excluding hydrogens is 242 g/mol. The van der Waals surface area contributed by atoms with Crippen LogP contribution in [0.15, 0.2) is 6.07 Å². The minimum absolute atomic E-state index is 0.220. The monoisotopic (exact) mass is 265 g/mol. The molecule has 0 saturated heterocycles. The number of nitrogens with zero attached hydrogens (tertiary/aromatic N) is 1. The van der Waals surface area contributed by atoms with Crippen molar-refractivity contribution in [2.45, 2.75) is 57.5 Å². The quantitative estimate of drug-likeness (QED) is 0.778. The highest BCUT2D eigenvalue weighted by Crippen LogP contribution is 2.27. The number of hydrogen-bond acceptors (Lipinski definition) is 3. The lowest BCUT2D eigenvalue weighted by atomic mass is 9.85. The van der Waals surface area contributed by atoms with Gasteiger partial charge in [0.1, 0.15) is 5.69 Å². The van der Waals surface area contributed by atoms with Gasteiger partial charge in [0.15, 0.2) is 0 Å². The van der Waals surface area contributed by atoms with Crippen LogP contribution in [0.3, 0.4) is 0 Å². The van der Waals surface area contributed by atoms with Gasteiger partial charge in [-0.2, -0.15) is 5.10 Å². The number of aliphatic hydroxyl groups is 1. The number of H-pyrrole nitrogens is 1. The van der Waals surface area contributed by atoms with E-state index in [0.29, 0.717) is 18.2 Å². The van der Waals surface area contributed by atoms with Crippen molar-refractivity contribution in [2.75, 3.05) is 6.54 Å². The van der Waals surface area contributed by atoms with Gasteiger partial charge in [-0.1, -0.05) is 33.1 Å². The Labute approximate surface area is 113 Å². The molecular formula is C14H23N3O2. The fraction of sp³-hybridized carbons (Fsp3) is 0.714. The molecule has 0 aromatic carbocycles. The predicted molar refractivity (Wildman–Crippen MR) is 73.0 cm³/mol. The lowest BCUT2D eigenvalue weighted by Gasteiger charge is -2.31. The minimum Gasteiger partial charge on any atom is -0.388 e. The van der Waals surface area contributed by atoms with Crippen LogP contribution in [0.4, 0.5) is 0 Å². The molecule has 2 rings (SSSR count). The fourth-order valence-electron chi connectivity index (χ4n) is 2.47. The molecule has 5 nitrogen and oxygen atoms in total. The van der Waals surface area contributed by atoms with Crippen molar-refractivity contribution < 1.29 is 9.90 Å². The zero-order chi connectivity index (χ0) is 13.9. The first-order valence-electron chi connectivity index (χ1n) is 7.06. The molecule has 106 valence electrons. The Kier molecular flexibility index (Phi) is 4.24. The van der Waals surface area contributed by atoms with Crippen LogP contribution in [0.1, 0.15) is 68.1 Å². The van der Waals surface area contributed by atoms with Crippen LogP contribution < -0.4 is 5.32 Å². The average Bonchev–Trinajstić information content (AvgIpc) is 2.87. The Bertz CT molecular complexity index is 434. The fourth-order valence-corrected chi connectivity index (χ4v) is 2.47. The normalized spacial score (nSPS) is 18.5. The van der Waals surface area contributed by atoms with Crippen molar-refractivity contribution >= 4 is 5.91 Å². The van der Waals surface area contributed by atoms with Gasteiger partial charge in [0.05, 0.1) is 5.60 Å². The summed E-state index contributed by atoms with van der Waals surface area (Å²) in [6.07, 6.45) is 4.78. The second-order valence-corrected chi connectivity index (χ2v) is 5.83. The number of carbonyl (C=O) groups is 1. The summed E-state index contributed by atoms with van der Waals surface area (Å²) in [6.45, 7) is 4.40. The van der Waals surface area contributed by atoms with Crippen LogP contribution in [-0.4, -0.2) is 33.4 Å². The lowest BCUT2D eigenvalue weighted by molar-refractivity contribution is 0.00521. The van der Waals surface area contributed by atoms with Gasteiger partial charge in [-0.25, -0.2) is 0 Å². The van der Waals surface area contributed by atoms with E-state index in [1.165, 1.54) is 6.42 Å². The Morgan fingerprint density at radius 1 is 1.47 bits per heavy atom. The van der Waals surface area contributed by atoms with Crippen LogP contribution in [-0.2, 0) is 0 Å². The van der Waals surface area contributed by atoms with E-state index in [9.17, 15) is 9.90 Å². The summed E-state index contributed by atoms with van der Waals surface area (Å²) in [7, 11) is 0. The van der Waals surface area contributed by atoms with Crippen molar-refractivity contribution in [2.24, 2.45) is 0 Å². The summed E-state index contributed by atoms with van der Waals surface area (Å²) < 4.78 is 0. The number of nitrogens with one attached hydrogen (secondary N) is 2. The molecule has 0 atom stereocenters. The Morgan fingerprint density at radius 2 is 2.16 bits per heavy atom. The number of amides is 1. The van der Waals surface area contributed by atoms with E-state index in [1.807, 2.05) is 13.8 Å². The molecule has 1 saturated carbocycles. The molecule has 5 heteroatoms. The second-order valence-electron chi connectivity index (χ2n) is 5.83. The van der Waals surface area contributed by atoms with E-state index in [0.717, 1.165) is 31.4 Å². The third-order valence-corrected chi connectivity index (χ3v) is 3.81. The van der Waals surface area contributed by atoms with Crippen molar-refractivity contribution in [3.8, 4) is 0 Å². The van der Waals surface area contributed by atoms with E-state index in [1.54, 1.807) is 6.07 Å². The Hall–Kier alpha value is -1.36. The molecule has 0 radical (unpaired) electrons. The van der Waals surface area contributed by atoms with Gasteiger partial charge < -0.3 is 10.4 Å². The van der Waals surface area contributed by atoms with Crippen LogP contribution in [0, 0.1) is 0 Å². The molecule has 0 aliphatic heterocycles. The summed E-state index contributed by atoms with van der Waals surface area (Å²) in [5.74, 6) is 0.0960. The summed E-state index contributed by atoms with van der Waals surface area (Å²) in [4.78, 5) is 12.0. The first-order chi connectivity index (χ1) is 9.00. The predicted octanol–water partition coefficient (Wildman–Crippen LogP) is 1.96. The smallest absolute Gasteiger partial charge is 0.271 e. The maximum atomic E-state index is 12.0. The molecule has 0 spiro atoms. The highest BCUT2D eigenvalue weighted by molar-refractivity contribution is 5.92. The summed E-state index contributed by atoms with van der Waals surface area (Å²) in [5.41, 5.74) is 0.607. The molecule has 1 aromatic rings. The maximum Gasteiger partial charge on any atom is 0.271 e. The largest absolute Gasteiger partial charge is 0.388 e. The zero-order valence-electron chi connectivity index (χ0n) is 11.7. The van der Waals surface area contributed by atoms with Gasteiger partial charge in [0.2, 0.25) is 0 Å². The van der Waals surface area contributed by atoms with E-state index >= 15 is 0 Å². The third kappa shape index (κ3) is 3.56. The number of hydrogen-bond donors (Lipinski definition) is 3. The van der Waals surface area contributed by atoms with Gasteiger partial charge in [0.25, 0.3) is 5.91 Å². The molecule has 19 heavy (non-hydrogen) atoms. The minimum atomic E-state index is -0.731. The lowest BCUT2D eigenvalue weighted by Crippen LogP contribution is -2.44. The van der Waals surface area contributed by atoms with Crippen molar-refractivity contribution in [3.63, 3.8) is 0 Å². The maximum absolute atomic E-state index is 12.0. The summed E-state index contributed by atoms with van der Waals surface area (Å²) >= 11 is 0. The molecule has 1 fully saturated rings. The number of carbonyl (C=O) groups excluding carboxylic acids is 1. The SMILES string of the molecule is CC(C)c1cc(C(=O)NCC2(O)CCCCC2)n[nH]1. The van der Waals surface area contributed by atoms with Gasteiger partial charge in [-0.3, -0.25) is 9.89 Å². The molecule has 1 aliphatic rings. The van der Waals surface area contributed by atoms with Crippen LogP contribution in [0.5, 0.6) is 0 Å². The molecule has 1 amide bonds. The van der Waals surface area contributed by atoms with Crippen molar-refractivity contribution in [3.05, 3.63) is 17.5 Å². The second kappa shape index (κ2) is 5.74. The van der Waals surface area contributed by atoms with E-state index in [2.05, 4.69) is 15.5 Å². The van der Waals surface area contributed by atoms with Crippen LogP contribution in [0.25, 0.3) is 0 Å². The molecule has 1 aromatic heterocycles. The van der Waals surface area contributed by atoms with Gasteiger partial charge in [-0.05, 0) is 24.8 Å². The summed E-state index contributed by atoms with van der Waals surface area (Å²) in [5, 5.41) is 20.0. The Morgan fingerprint density at radius 3 is 2.74 bits per heavy atom. The molecule has 1 aliphatic carbocycles. The van der Waals surface area contributed by atoms with Crippen molar-refractivity contribution in [1.29, 1.82) is 0 Å².